The Bertz CT molecular complexity index is 1060. The van der Waals surface area contributed by atoms with Crippen LogP contribution in [0.15, 0.2) is 29.8 Å². The van der Waals surface area contributed by atoms with Gasteiger partial charge in [-0.05, 0) is 43.0 Å². The van der Waals surface area contributed by atoms with Gasteiger partial charge in [-0.3, -0.25) is 14.6 Å². The Morgan fingerprint density at radius 2 is 1.97 bits per heavy atom. The second kappa shape index (κ2) is 9.73. The number of ether oxygens (including phenoxy) is 1. The molecule has 1 aliphatic rings. The standard InChI is InChI=1S/C21H19ClF6N2O3S/c1-2-5-14-19(18(22)32,33-12-10-15(34-11-12)21(26,27)28)7-4-9-30(14)17(31)16-13(20(23,24)25)6-3-8-29-16/h3,6,8,10-11,14H,2,4-5,7,9H2,1H3/t14-,19+/m1/s1. The minimum absolute atomic E-state index is 0.00983. The van der Waals surface area contributed by atoms with Gasteiger partial charge in [0, 0.05) is 24.2 Å². The van der Waals surface area contributed by atoms with E-state index in [0.717, 1.165) is 34.7 Å². The number of likely N-dealkylation sites (tertiary alicyclic amines) is 1. The fraction of sp³-hybridized carbons (Fsp3) is 0.476. The van der Waals surface area contributed by atoms with Crippen molar-refractivity contribution in [2.24, 2.45) is 0 Å². The number of pyridine rings is 1. The average Bonchev–Trinajstić information content (AvgIpc) is 3.23. The first-order valence-electron chi connectivity index (χ1n) is 10.2. The molecule has 34 heavy (non-hydrogen) atoms. The first-order valence-corrected chi connectivity index (χ1v) is 11.4. The normalized spacial score (nSPS) is 21.4. The Morgan fingerprint density at radius 3 is 2.53 bits per heavy atom. The van der Waals surface area contributed by atoms with Crippen LogP contribution in [0.4, 0.5) is 26.3 Å². The molecule has 3 heterocycles. The molecule has 13 heteroatoms. The average molecular weight is 529 g/mol. The van der Waals surface area contributed by atoms with Gasteiger partial charge < -0.3 is 9.64 Å². The summed E-state index contributed by atoms with van der Waals surface area (Å²) in [5.74, 6) is -1.34. The number of alkyl halides is 6. The lowest BCUT2D eigenvalue weighted by molar-refractivity contribution is -0.140. The smallest absolute Gasteiger partial charge is 0.425 e. The van der Waals surface area contributed by atoms with Crippen LogP contribution in [0.25, 0.3) is 0 Å². The summed E-state index contributed by atoms with van der Waals surface area (Å²) in [6.07, 6.45) is -7.86. The van der Waals surface area contributed by atoms with Crippen molar-refractivity contribution >= 4 is 34.1 Å². The van der Waals surface area contributed by atoms with E-state index in [2.05, 4.69) is 4.98 Å². The van der Waals surface area contributed by atoms with Crippen molar-refractivity contribution in [1.82, 2.24) is 9.88 Å². The summed E-state index contributed by atoms with van der Waals surface area (Å²) in [7, 11) is 0. The molecule has 2 atom stereocenters. The van der Waals surface area contributed by atoms with Gasteiger partial charge in [0.15, 0.2) is 0 Å². The molecular formula is C21H19ClF6N2O3S. The number of hydrogen-bond donors (Lipinski definition) is 0. The van der Waals surface area contributed by atoms with Crippen molar-refractivity contribution in [3.8, 4) is 5.75 Å². The summed E-state index contributed by atoms with van der Waals surface area (Å²) in [5, 5.41) is 0.00887. The first kappa shape index (κ1) is 26.3. The number of amides is 1. The summed E-state index contributed by atoms with van der Waals surface area (Å²) in [6, 6.07) is 1.36. The number of halogens is 7. The number of rotatable bonds is 6. The predicted molar refractivity (Wildman–Crippen MR) is 112 cm³/mol. The second-order valence-corrected chi connectivity index (χ2v) is 8.97. The zero-order valence-corrected chi connectivity index (χ0v) is 19.2. The Balaban J connectivity index is 2.04. The van der Waals surface area contributed by atoms with Crippen molar-refractivity contribution in [1.29, 1.82) is 0 Å². The van der Waals surface area contributed by atoms with Crippen LogP contribution in [0.1, 0.15) is 53.5 Å². The van der Waals surface area contributed by atoms with Crippen LogP contribution >= 0.6 is 22.9 Å². The molecule has 1 saturated heterocycles. The maximum atomic E-state index is 13.5. The Labute approximate surface area is 199 Å². The van der Waals surface area contributed by atoms with Gasteiger partial charge in [-0.15, -0.1) is 11.3 Å². The number of thiophene rings is 1. The molecule has 0 unspecified atom stereocenters. The van der Waals surface area contributed by atoms with Gasteiger partial charge in [0.05, 0.1) is 11.6 Å². The van der Waals surface area contributed by atoms with Gasteiger partial charge >= 0.3 is 12.4 Å². The molecular weight excluding hydrogens is 510 g/mol. The van der Waals surface area contributed by atoms with Crippen LogP contribution in [0.3, 0.4) is 0 Å². The monoisotopic (exact) mass is 528 g/mol. The summed E-state index contributed by atoms with van der Waals surface area (Å²) in [4.78, 5) is 29.6. The SMILES string of the molecule is CCC[C@H]1N(C(=O)c2ncccc2C(F)(F)F)CCC[C@@]1(Oc1csc(C(F)(F)F)c1)C(=O)Cl. The second-order valence-electron chi connectivity index (χ2n) is 7.71. The van der Waals surface area contributed by atoms with Gasteiger partial charge in [0.25, 0.3) is 11.1 Å². The van der Waals surface area contributed by atoms with Gasteiger partial charge in [0.1, 0.15) is 16.3 Å². The molecule has 1 amide bonds. The third-order valence-corrected chi connectivity index (χ3v) is 6.76. The van der Waals surface area contributed by atoms with E-state index in [0.29, 0.717) is 17.8 Å². The molecule has 2 aromatic heterocycles. The minimum atomic E-state index is -4.85. The van der Waals surface area contributed by atoms with E-state index in [4.69, 9.17) is 16.3 Å². The molecule has 3 rings (SSSR count). The predicted octanol–water partition coefficient (Wildman–Crippen LogP) is 6.17. The molecule has 5 nitrogen and oxygen atoms in total. The fourth-order valence-electron chi connectivity index (χ4n) is 4.05. The van der Waals surface area contributed by atoms with Crippen LogP contribution in [-0.2, 0) is 17.1 Å². The lowest BCUT2D eigenvalue weighted by atomic mass is 9.82. The molecule has 2 aromatic rings. The van der Waals surface area contributed by atoms with Gasteiger partial charge in [-0.25, -0.2) is 0 Å². The maximum Gasteiger partial charge on any atom is 0.425 e. The molecule has 0 saturated carbocycles. The van der Waals surface area contributed by atoms with E-state index >= 15 is 0 Å². The van der Waals surface area contributed by atoms with Crippen molar-refractivity contribution in [2.75, 3.05) is 6.54 Å². The number of hydrogen-bond acceptors (Lipinski definition) is 5. The van der Waals surface area contributed by atoms with Gasteiger partial charge in [-0.1, -0.05) is 13.3 Å². The molecule has 0 N–H and O–H groups in total. The number of aromatic nitrogens is 1. The Kier molecular flexibility index (Phi) is 7.51. The topological polar surface area (TPSA) is 59.5 Å². The minimum Gasteiger partial charge on any atom is -0.475 e. The summed E-state index contributed by atoms with van der Waals surface area (Å²) < 4.78 is 85.3. The van der Waals surface area contributed by atoms with Crippen LogP contribution in [0.2, 0.25) is 0 Å². The number of nitrogens with zero attached hydrogens (tertiary/aromatic N) is 2. The Hall–Kier alpha value is -2.34. The maximum absolute atomic E-state index is 13.5. The third-order valence-electron chi connectivity index (χ3n) is 5.49. The molecule has 0 aromatic carbocycles. The third kappa shape index (κ3) is 5.17. The highest BCUT2D eigenvalue weighted by molar-refractivity contribution is 7.10. The summed E-state index contributed by atoms with van der Waals surface area (Å²) in [6.45, 7) is 1.71. The van der Waals surface area contributed by atoms with Crippen LogP contribution in [-0.4, -0.2) is 39.2 Å². The molecule has 186 valence electrons. The van der Waals surface area contributed by atoms with Crippen LogP contribution < -0.4 is 4.74 Å². The summed E-state index contributed by atoms with van der Waals surface area (Å²) >= 11 is 6.25. The lowest BCUT2D eigenvalue weighted by Crippen LogP contribution is -2.64. The molecule has 1 aliphatic heterocycles. The van der Waals surface area contributed by atoms with E-state index in [1.807, 2.05) is 0 Å². The summed E-state index contributed by atoms with van der Waals surface area (Å²) in [5.41, 5.74) is -4.02. The van der Waals surface area contributed by atoms with Crippen molar-refractivity contribution in [3.63, 3.8) is 0 Å². The highest BCUT2D eigenvalue weighted by Crippen LogP contribution is 2.42. The van der Waals surface area contributed by atoms with Crippen molar-refractivity contribution < 1.29 is 40.7 Å². The van der Waals surface area contributed by atoms with Crippen LogP contribution in [0, 0.1) is 0 Å². The van der Waals surface area contributed by atoms with Crippen molar-refractivity contribution in [2.45, 2.75) is 56.6 Å². The highest BCUT2D eigenvalue weighted by Gasteiger charge is 2.54. The van der Waals surface area contributed by atoms with E-state index in [1.54, 1.807) is 6.92 Å². The van der Waals surface area contributed by atoms with E-state index < -0.39 is 51.3 Å². The molecule has 0 aliphatic carbocycles. The highest BCUT2D eigenvalue weighted by atomic mass is 35.5. The molecule has 1 fully saturated rings. The molecule has 0 spiro atoms. The first-order chi connectivity index (χ1) is 15.8. The quantitative estimate of drug-likeness (QED) is 0.332. The number of carbonyl (C=O) groups is 2. The largest absolute Gasteiger partial charge is 0.475 e. The Morgan fingerprint density at radius 1 is 1.26 bits per heavy atom. The van der Waals surface area contributed by atoms with Crippen LogP contribution in [0.5, 0.6) is 5.75 Å². The van der Waals surface area contributed by atoms with Crippen molar-refractivity contribution in [3.05, 3.63) is 45.9 Å². The molecule has 0 radical (unpaired) electrons. The van der Waals surface area contributed by atoms with E-state index in [-0.39, 0.29) is 31.6 Å². The fourth-order valence-corrected chi connectivity index (χ4v) is 4.99. The van der Waals surface area contributed by atoms with Gasteiger partial charge in [-0.2, -0.15) is 26.3 Å². The van der Waals surface area contributed by atoms with Gasteiger partial charge in [0.2, 0.25) is 5.60 Å². The molecule has 0 bridgehead atoms. The lowest BCUT2D eigenvalue weighted by Gasteiger charge is -2.47. The van der Waals surface area contributed by atoms with E-state index in [1.165, 1.54) is 0 Å². The van der Waals surface area contributed by atoms with E-state index in [9.17, 15) is 35.9 Å². The number of carbonyl (C=O) groups excluding carboxylic acids is 2. The number of piperidine rings is 1. The zero-order chi connectivity index (χ0) is 25.3. The zero-order valence-electron chi connectivity index (χ0n) is 17.7.